The highest BCUT2D eigenvalue weighted by molar-refractivity contribution is 5.97. The standard InChI is InChI=1S/C17H21N5O/c1-11-9-21(15-6-4-3-5-14(15)18-17(11)23)10-16-20-19-12(2)22(16)13-7-8-13/h3-6,11,13H,7-10H2,1-2H3,(H,18,23). The molecule has 1 amide bonds. The molecular formula is C17H21N5O. The van der Waals surface area contributed by atoms with E-state index in [1.165, 1.54) is 12.8 Å². The average molecular weight is 311 g/mol. The third kappa shape index (κ3) is 2.58. The smallest absolute Gasteiger partial charge is 0.229 e. The van der Waals surface area contributed by atoms with Crippen LogP contribution in [0.25, 0.3) is 0 Å². The Kier molecular flexibility index (Phi) is 3.32. The number of nitrogens with zero attached hydrogens (tertiary/aromatic N) is 4. The zero-order chi connectivity index (χ0) is 16.0. The van der Waals surface area contributed by atoms with Crippen LogP contribution in [0.3, 0.4) is 0 Å². The Bertz CT molecular complexity index is 749. The molecule has 2 heterocycles. The van der Waals surface area contributed by atoms with Gasteiger partial charge in [-0.3, -0.25) is 4.79 Å². The molecule has 1 saturated carbocycles. The molecule has 120 valence electrons. The van der Waals surface area contributed by atoms with Gasteiger partial charge in [-0.15, -0.1) is 10.2 Å². The lowest BCUT2D eigenvalue weighted by atomic mass is 10.1. The topological polar surface area (TPSA) is 63.1 Å². The van der Waals surface area contributed by atoms with E-state index >= 15 is 0 Å². The van der Waals surface area contributed by atoms with Gasteiger partial charge in [0, 0.05) is 12.6 Å². The van der Waals surface area contributed by atoms with Crippen molar-refractivity contribution in [1.29, 1.82) is 0 Å². The maximum atomic E-state index is 12.2. The number of fused-ring (bicyclic) bond motifs is 1. The second-order valence-electron chi connectivity index (χ2n) is 6.55. The lowest BCUT2D eigenvalue weighted by molar-refractivity contribution is -0.119. The van der Waals surface area contributed by atoms with Crippen LogP contribution in [-0.2, 0) is 11.3 Å². The normalized spacial score (nSPS) is 20.9. The second kappa shape index (κ2) is 5.37. The highest BCUT2D eigenvalue weighted by Gasteiger charge is 2.30. The molecule has 6 heteroatoms. The minimum atomic E-state index is -0.0687. The first kappa shape index (κ1) is 14.2. The van der Waals surface area contributed by atoms with E-state index in [0.29, 0.717) is 19.1 Å². The fourth-order valence-corrected chi connectivity index (χ4v) is 3.27. The number of hydrogen-bond acceptors (Lipinski definition) is 4. The number of anilines is 2. The Labute approximate surface area is 135 Å². The molecule has 1 aliphatic carbocycles. The van der Waals surface area contributed by atoms with Crippen molar-refractivity contribution in [2.24, 2.45) is 5.92 Å². The molecule has 0 bridgehead atoms. The number of para-hydroxylation sites is 2. The van der Waals surface area contributed by atoms with Gasteiger partial charge in [-0.05, 0) is 31.9 Å². The van der Waals surface area contributed by atoms with E-state index in [4.69, 9.17) is 0 Å². The van der Waals surface area contributed by atoms with E-state index in [0.717, 1.165) is 23.0 Å². The lowest BCUT2D eigenvalue weighted by Crippen LogP contribution is -2.31. The first-order chi connectivity index (χ1) is 11.1. The summed E-state index contributed by atoms with van der Waals surface area (Å²) in [5, 5.41) is 11.7. The minimum absolute atomic E-state index is 0.0687. The number of nitrogens with one attached hydrogen (secondary N) is 1. The molecule has 1 atom stereocenters. The molecule has 1 N–H and O–H groups in total. The van der Waals surface area contributed by atoms with Crippen molar-refractivity contribution in [3.05, 3.63) is 35.9 Å². The van der Waals surface area contributed by atoms with Crippen molar-refractivity contribution < 1.29 is 4.79 Å². The van der Waals surface area contributed by atoms with Gasteiger partial charge in [0.25, 0.3) is 0 Å². The molecule has 2 aliphatic rings. The number of benzene rings is 1. The summed E-state index contributed by atoms with van der Waals surface area (Å²) in [7, 11) is 0. The zero-order valence-electron chi connectivity index (χ0n) is 13.5. The van der Waals surface area contributed by atoms with Crippen LogP contribution in [-0.4, -0.2) is 27.2 Å². The summed E-state index contributed by atoms with van der Waals surface area (Å²) in [5.74, 6) is 1.97. The zero-order valence-corrected chi connectivity index (χ0v) is 13.5. The number of aryl methyl sites for hydroxylation is 1. The summed E-state index contributed by atoms with van der Waals surface area (Å²) in [6.45, 7) is 5.33. The van der Waals surface area contributed by atoms with Crippen molar-refractivity contribution in [2.75, 3.05) is 16.8 Å². The van der Waals surface area contributed by atoms with E-state index < -0.39 is 0 Å². The van der Waals surface area contributed by atoms with Crippen molar-refractivity contribution in [3.8, 4) is 0 Å². The molecule has 0 radical (unpaired) electrons. The number of aromatic nitrogens is 3. The molecule has 1 unspecified atom stereocenters. The van der Waals surface area contributed by atoms with Crippen molar-refractivity contribution in [3.63, 3.8) is 0 Å². The van der Waals surface area contributed by atoms with E-state index in [2.05, 4.69) is 31.0 Å². The van der Waals surface area contributed by atoms with E-state index in [-0.39, 0.29) is 11.8 Å². The van der Waals surface area contributed by atoms with Gasteiger partial charge in [-0.25, -0.2) is 0 Å². The number of amides is 1. The van der Waals surface area contributed by atoms with Crippen LogP contribution in [0.5, 0.6) is 0 Å². The SMILES string of the molecule is Cc1nnc(CN2CC(C)C(=O)Nc3ccccc32)n1C1CC1. The third-order valence-corrected chi connectivity index (χ3v) is 4.63. The third-order valence-electron chi connectivity index (χ3n) is 4.63. The maximum absolute atomic E-state index is 12.2. The van der Waals surface area contributed by atoms with E-state index in [1.807, 2.05) is 32.0 Å². The van der Waals surface area contributed by atoms with Gasteiger partial charge in [0.2, 0.25) is 5.91 Å². The van der Waals surface area contributed by atoms with Gasteiger partial charge in [0.1, 0.15) is 5.82 Å². The van der Waals surface area contributed by atoms with Crippen LogP contribution >= 0.6 is 0 Å². The quantitative estimate of drug-likeness (QED) is 0.946. The average Bonchev–Trinajstić information content (AvgIpc) is 3.32. The molecule has 2 aromatic rings. The Balaban J connectivity index is 1.69. The first-order valence-corrected chi connectivity index (χ1v) is 8.18. The van der Waals surface area contributed by atoms with Crippen LogP contribution in [0.2, 0.25) is 0 Å². The molecule has 1 fully saturated rings. The molecule has 1 aromatic heterocycles. The van der Waals surface area contributed by atoms with Crippen LogP contribution < -0.4 is 10.2 Å². The van der Waals surface area contributed by atoms with Gasteiger partial charge in [0.15, 0.2) is 5.82 Å². The Morgan fingerprint density at radius 1 is 1.26 bits per heavy atom. The lowest BCUT2D eigenvalue weighted by Gasteiger charge is -2.25. The monoisotopic (exact) mass is 311 g/mol. The molecule has 1 aliphatic heterocycles. The largest absolute Gasteiger partial charge is 0.362 e. The van der Waals surface area contributed by atoms with Crippen LogP contribution in [0, 0.1) is 12.8 Å². The van der Waals surface area contributed by atoms with E-state index in [9.17, 15) is 4.79 Å². The van der Waals surface area contributed by atoms with Crippen molar-refractivity contribution in [1.82, 2.24) is 14.8 Å². The second-order valence-corrected chi connectivity index (χ2v) is 6.55. The Morgan fingerprint density at radius 3 is 2.83 bits per heavy atom. The first-order valence-electron chi connectivity index (χ1n) is 8.18. The summed E-state index contributed by atoms with van der Waals surface area (Å²) in [6.07, 6.45) is 2.41. The van der Waals surface area contributed by atoms with Gasteiger partial charge < -0.3 is 14.8 Å². The maximum Gasteiger partial charge on any atom is 0.229 e. The van der Waals surface area contributed by atoms with Crippen LogP contribution in [0.15, 0.2) is 24.3 Å². The van der Waals surface area contributed by atoms with Crippen LogP contribution in [0.4, 0.5) is 11.4 Å². The predicted octanol–water partition coefficient (Wildman–Crippen LogP) is 2.52. The summed E-state index contributed by atoms with van der Waals surface area (Å²) < 4.78 is 2.26. The van der Waals surface area contributed by atoms with Gasteiger partial charge in [-0.2, -0.15) is 0 Å². The van der Waals surface area contributed by atoms with E-state index in [1.54, 1.807) is 0 Å². The Morgan fingerprint density at radius 2 is 2.04 bits per heavy atom. The number of rotatable bonds is 3. The molecule has 6 nitrogen and oxygen atoms in total. The van der Waals surface area contributed by atoms with Crippen molar-refractivity contribution in [2.45, 2.75) is 39.3 Å². The summed E-state index contributed by atoms with van der Waals surface area (Å²) in [5.41, 5.74) is 1.92. The van der Waals surface area contributed by atoms with Crippen LogP contribution in [0.1, 0.15) is 37.5 Å². The number of carbonyl (C=O) groups excluding carboxylic acids is 1. The van der Waals surface area contributed by atoms with Gasteiger partial charge >= 0.3 is 0 Å². The summed E-state index contributed by atoms with van der Waals surface area (Å²) in [6, 6.07) is 8.52. The summed E-state index contributed by atoms with van der Waals surface area (Å²) in [4.78, 5) is 14.4. The highest BCUT2D eigenvalue weighted by atomic mass is 16.1. The molecule has 23 heavy (non-hydrogen) atoms. The van der Waals surface area contributed by atoms with Gasteiger partial charge in [-0.1, -0.05) is 19.1 Å². The molecule has 0 saturated heterocycles. The fourth-order valence-electron chi connectivity index (χ4n) is 3.27. The van der Waals surface area contributed by atoms with Crippen molar-refractivity contribution >= 4 is 17.3 Å². The number of carbonyl (C=O) groups is 1. The minimum Gasteiger partial charge on any atom is -0.362 e. The molecule has 4 rings (SSSR count). The highest BCUT2D eigenvalue weighted by Crippen LogP contribution is 2.37. The number of hydrogen-bond donors (Lipinski definition) is 1. The summed E-state index contributed by atoms with van der Waals surface area (Å²) >= 11 is 0. The molecular weight excluding hydrogens is 290 g/mol. The fraction of sp³-hybridized carbons (Fsp3) is 0.471. The molecule has 0 spiro atoms. The Hall–Kier alpha value is -2.37. The van der Waals surface area contributed by atoms with Gasteiger partial charge in [0.05, 0.1) is 23.8 Å². The molecule has 1 aromatic carbocycles. The predicted molar refractivity (Wildman–Crippen MR) is 88.3 cm³/mol.